The molecule has 0 bridgehead atoms. The standard InChI is InChI=1S/C23H24N2O4/c1-23(24-20(26)15-12-8-5-9-13-15)18(14-10-6-4-7-11-14)16-17(21(27)29-3)19(16)25(2)22(23)28/h4-13,16-19H,1-3H3,(H,24,26)/t16-,17+,18+,19+,23-/m1/s1. The quantitative estimate of drug-likeness (QED) is 0.810. The van der Waals surface area contributed by atoms with Crippen LogP contribution in [0, 0.1) is 11.8 Å². The Morgan fingerprint density at radius 1 is 1.03 bits per heavy atom. The number of rotatable bonds is 4. The van der Waals surface area contributed by atoms with Crippen LogP contribution >= 0.6 is 0 Å². The highest BCUT2D eigenvalue weighted by molar-refractivity contribution is 6.01. The lowest BCUT2D eigenvalue weighted by atomic mass is 9.73. The fourth-order valence-corrected chi connectivity index (χ4v) is 4.92. The van der Waals surface area contributed by atoms with E-state index in [0.717, 1.165) is 5.56 Å². The molecule has 0 unspecified atom stereocenters. The third-order valence-corrected chi connectivity index (χ3v) is 6.30. The molecule has 2 amide bonds. The molecule has 0 radical (unpaired) electrons. The second-order valence-corrected chi connectivity index (χ2v) is 7.94. The Morgan fingerprint density at radius 3 is 2.21 bits per heavy atom. The van der Waals surface area contributed by atoms with E-state index in [-0.39, 0.29) is 35.7 Å². The van der Waals surface area contributed by atoms with Gasteiger partial charge in [-0.2, -0.15) is 0 Å². The number of hydrogen-bond donors (Lipinski definition) is 1. The van der Waals surface area contributed by atoms with E-state index in [1.165, 1.54) is 7.11 Å². The van der Waals surface area contributed by atoms with Crippen molar-refractivity contribution in [2.24, 2.45) is 11.8 Å². The van der Waals surface area contributed by atoms with Crippen molar-refractivity contribution in [3.05, 3.63) is 71.8 Å². The number of piperidine rings is 1. The summed E-state index contributed by atoms with van der Waals surface area (Å²) in [6, 6.07) is 18.2. The van der Waals surface area contributed by atoms with Gasteiger partial charge in [0.1, 0.15) is 5.54 Å². The van der Waals surface area contributed by atoms with E-state index in [2.05, 4.69) is 5.32 Å². The van der Waals surface area contributed by atoms with Crippen molar-refractivity contribution in [2.75, 3.05) is 14.2 Å². The van der Waals surface area contributed by atoms with Crippen molar-refractivity contribution in [3.63, 3.8) is 0 Å². The van der Waals surface area contributed by atoms with Crippen LogP contribution in [0.4, 0.5) is 0 Å². The largest absolute Gasteiger partial charge is 0.469 e. The van der Waals surface area contributed by atoms with Crippen molar-refractivity contribution >= 4 is 17.8 Å². The number of hydrogen-bond acceptors (Lipinski definition) is 4. The zero-order valence-electron chi connectivity index (χ0n) is 16.7. The third-order valence-electron chi connectivity index (χ3n) is 6.30. The minimum absolute atomic E-state index is 0.117. The molecule has 6 heteroatoms. The van der Waals surface area contributed by atoms with Crippen LogP contribution in [0.1, 0.15) is 28.8 Å². The van der Waals surface area contributed by atoms with E-state index in [1.807, 2.05) is 36.4 Å². The van der Waals surface area contributed by atoms with Gasteiger partial charge in [-0.05, 0) is 24.6 Å². The maximum Gasteiger partial charge on any atom is 0.311 e. The Balaban J connectivity index is 1.76. The van der Waals surface area contributed by atoms with Gasteiger partial charge in [0.2, 0.25) is 5.91 Å². The van der Waals surface area contributed by atoms with E-state index >= 15 is 0 Å². The average Bonchev–Trinajstić information content (AvgIpc) is 3.48. The molecule has 4 rings (SSSR count). The zero-order chi connectivity index (χ0) is 20.8. The summed E-state index contributed by atoms with van der Waals surface area (Å²) in [6.45, 7) is 1.76. The lowest BCUT2D eigenvalue weighted by Gasteiger charge is -2.44. The zero-order valence-corrected chi connectivity index (χ0v) is 16.7. The van der Waals surface area contributed by atoms with Gasteiger partial charge in [0.25, 0.3) is 5.91 Å². The van der Waals surface area contributed by atoms with Crippen molar-refractivity contribution in [3.8, 4) is 0 Å². The number of ether oxygens (including phenoxy) is 1. The number of carbonyl (C=O) groups is 3. The van der Waals surface area contributed by atoms with Gasteiger partial charge in [-0.25, -0.2) is 0 Å². The molecule has 1 aliphatic heterocycles. The minimum Gasteiger partial charge on any atom is -0.469 e. The fourth-order valence-electron chi connectivity index (χ4n) is 4.92. The molecule has 6 nitrogen and oxygen atoms in total. The van der Waals surface area contributed by atoms with Crippen molar-refractivity contribution in [1.29, 1.82) is 0 Å². The van der Waals surface area contributed by atoms with Crippen LogP contribution in [0.25, 0.3) is 0 Å². The van der Waals surface area contributed by atoms with Gasteiger partial charge >= 0.3 is 5.97 Å². The van der Waals surface area contributed by atoms with Crippen molar-refractivity contribution in [1.82, 2.24) is 10.2 Å². The number of fused-ring (bicyclic) bond motifs is 1. The maximum atomic E-state index is 13.5. The molecule has 150 valence electrons. The molecule has 1 heterocycles. The minimum atomic E-state index is -1.19. The molecule has 29 heavy (non-hydrogen) atoms. The van der Waals surface area contributed by atoms with Gasteiger partial charge in [0, 0.05) is 30.5 Å². The van der Waals surface area contributed by atoms with Crippen molar-refractivity contribution < 1.29 is 19.1 Å². The van der Waals surface area contributed by atoms with Gasteiger partial charge in [-0.1, -0.05) is 48.5 Å². The lowest BCUT2D eigenvalue weighted by molar-refractivity contribution is -0.143. The van der Waals surface area contributed by atoms with Gasteiger partial charge < -0.3 is 15.0 Å². The number of esters is 1. The van der Waals surface area contributed by atoms with Gasteiger partial charge in [-0.15, -0.1) is 0 Å². The summed E-state index contributed by atoms with van der Waals surface area (Å²) in [4.78, 5) is 40.4. The first-order chi connectivity index (χ1) is 13.9. The lowest BCUT2D eigenvalue weighted by Crippen LogP contribution is -2.64. The number of likely N-dealkylation sites (N-methyl/N-ethyl adjacent to an activating group) is 1. The molecule has 1 N–H and O–H groups in total. The van der Waals surface area contributed by atoms with E-state index in [9.17, 15) is 14.4 Å². The highest BCUT2D eigenvalue weighted by Crippen LogP contribution is 2.59. The summed E-state index contributed by atoms with van der Waals surface area (Å²) < 4.78 is 4.99. The molecule has 0 spiro atoms. The molecule has 1 aliphatic carbocycles. The fraction of sp³-hybridized carbons (Fsp3) is 0.348. The Morgan fingerprint density at radius 2 is 1.62 bits per heavy atom. The number of likely N-dealkylation sites (tertiary alicyclic amines) is 1. The Bertz CT molecular complexity index is 946. The number of carbonyl (C=O) groups excluding carboxylic acids is 3. The Hall–Kier alpha value is -3.15. The molecule has 1 saturated carbocycles. The van der Waals surface area contributed by atoms with Gasteiger partial charge in [0.05, 0.1) is 13.0 Å². The molecule has 0 aromatic heterocycles. The summed E-state index contributed by atoms with van der Waals surface area (Å²) in [5.41, 5.74) is 0.220. The number of amides is 2. The first kappa shape index (κ1) is 19.2. The third kappa shape index (κ3) is 2.99. The van der Waals surface area contributed by atoms with E-state index in [4.69, 9.17) is 4.74 Å². The average molecular weight is 392 g/mol. The highest BCUT2D eigenvalue weighted by atomic mass is 16.5. The van der Waals surface area contributed by atoms with Crippen LogP contribution in [0.5, 0.6) is 0 Å². The molecular weight excluding hydrogens is 368 g/mol. The number of methoxy groups -OCH3 is 1. The summed E-state index contributed by atoms with van der Waals surface area (Å²) in [5, 5.41) is 2.99. The van der Waals surface area contributed by atoms with E-state index in [1.54, 1.807) is 43.1 Å². The monoisotopic (exact) mass is 392 g/mol. The van der Waals surface area contributed by atoms with Crippen LogP contribution in [-0.2, 0) is 14.3 Å². The predicted molar refractivity (Wildman–Crippen MR) is 107 cm³/mol. The first-order valence-corrected chi connectivity index (χ1v) is 9.67. The van der Waals surface area contributed by atoms with Gasteiger partial charge in [0.15, 0.2) is 0 Å². The van der Waals surface area contributed by atoms with Crippen LogP contribution in [0.3, 0.4) is 0 Å². The van der Waals surface area contributed by atoms with Crippen LogP contribution in [-0.4, -0.2) is 48.4 Å². The molecular formula is C23H24N2O4. The summed E-state index contributed by atoms with van der Waals surface area (Å²) in [7, 11) is 3.06. The summed E-state index contributed by atoms with van der Waals surface area (Å²) >= 11 is 0. The summed E-state index contributed by atoms with van der Waals surface area (Å²) in [5.74, 6) is -1.69. The Kier molecular flexibility index (Phi) is 4.65. The molecule has 1 saturated heterocycles. The molecule has 5 atom stereocenters. The normalized spacial score (nSPS) is 30.3. The highest BCUT2D eigenvalue weighted by Gasteiger charge is 2.71. The second kappa shape index (κ2) is 7.03. The first-order valence-electron chi connectivity index (χ1n) is 9.67. The number of benzene rings is 2. The van der Waals surface area contributed by atoms with Crippen LogP contribution in [0.15, 0.2) is 60.7 Å². The van der Waals surface area contributed by atoms with E-state index in [0.29, 0.717) is 5.56 Å². The number of nitrogens with one attached hydrogen (secondary N) is 1. The molecule has 2 aromatic carbocycles. The molecule has 2 aliphatic rings. The van der Waals surface area contributed by atoms with Crippen LogP contribution in [0.2, 0.25) is 0 Å². The number of nitrogens with zero attached hydrogens (tertiary/aromatic N) is 1. The smallest absolute Gasteiger partial charge is 0.311 e. The van der Waals surface area contributed by atoms with E-state index < -0.39 is 11.5 Å². The summed E-state index contributed by atoms with van der Waals surface area (Å²) in [6.07, 6.45) is 0. The topological polar surface area (TPSA) is 75.7 Å². The Labute approximate surface area is 169 Å². The van der Waals surface area contributed by atoms with Gasteiger partial charge in [-0.3, -0.25) is 14.4 Å². The van der Waals surface area contributed by atoms with Crippen molar-refractivity contribution in [2.45, 2.75) is 24.4 Å². The van der Waals surface area contributed by atoms with Crippen LogP contribution < -0.4 is 5.32 Å². The SMILES string of the molecule is COC(=O)[C@H]1[C@H]2[C@@H]1N(C)C(=O)[C@](C)(NC(=O)c1ccccc1)[C@H]2c1ccccc1. The maximum absolute atomic E-state index is 13.5. The second-order valence-electron chi connectivity index (χ2n) is 7.94. The molecule has 2 fully saturated rings. The predicted octanol–water partition coefficient (Wildman–Crippen LogP) is 2.22. The molecule has 2 aromatic rings.